The molecule has 19 heteroatoms. The zero-order valence-electron chi connectivity index (χ0n) is 55.7. The van der Waals surface area contributed by atoms with Crippen LogP contribution >= 0.6 is 0 Å². The molecular formula is C70H133NO18. The van der Waals surface area contributed by atoms with E-state index in [1.807, 2.05) is 6.08 Å². The van der Waals surface area contributed by atoms with Gasteiger partial charge < -0.3 is 89.9 Å². The third kappa shape index (κ3) is 34.7. The lowest BCUT2D eigenvalue weighted by atomic mass is 9.96. The SMILES string of the molecule is CCCCCCCCCCCCCCCCCCCCC/C=C/C(O)C(COC1OC(CO)C(OC2OC(CO)C(OC3OC(CO)C(O)C(O)C3O)C(O)C2O)C(O)C1O)NC(=O)CCCCCCCCCCCCCCCCCCCCCCCCC. The van der Waals surface area contributed by atoms with Crippen molar-refractivity contribution in [3.05, 3.63) is 12.2 Å². The van der Waals surface area contributed by atoms with Crippen LogP contribution in [-0.2, 0) is 33.2 Å². The van der Waals surface area contributed by atoms with Crippen molar-refractivity contribution in [1.82, 2.24) is 5.32 Å². The quantitative estimate of drug-likeness (QED) is 0.0199. The number of amides is 1. The molecule has 3 aliphatic heterocycles. The maximum atomic E-state index is 13.4. The van der Waals surface area contributed by atoms with Crippen LogP contribution in [0.25, 0.3) is 0 Å². The molecular weight excluding hydrogens is 1140 g/mol. The van der Waals surface area contributed by atoms with Crippen LogP contribution in [-0.4, -0.2) is 193 Å². The Morgan fingerprint density at radius 2 is 0.697 bits per heavy atom. The van der Waals surface area contributed by atoms with Gasteiger partial charge in [0.1, 0.15) is 73.2 Å². The molecule has 17 unspecified atom stereocenters. The highest BCUT2D eigenvalue weighted by atomic mass is 16.8. The number of rotatable bonds is 57. The summed E-state index contributed by atoms with van der Waals surface area (Å²) in [6.07, 6.45) is 31.8. The van der Waals surface area contributed by atoms with Gasteiger partial charge in [-0.15, -0.1) is 0 Å². The zero-order valence-corrected chi connectivity index (χ0v) is 55.7. The maximum absolute atomic E-state index is 13.4. The molecule has 0 aromatic carbocycles. The van der Waals surface area contributed by atoms with Crippen molar-refractivity contribution in [1.29, 1.82) is 0 Å². The van der Waals surface area contributed by atoms with E-state index in [0.29, 0.717) is 6.42 Å². The molecule has 0 aromatic rings. The van der Waals surface area contributed by atoms with Crippen LogP contribution in [0.15, 0.2) is 12.2 Å². The van der Waals surface area contributed by atoms with Gasteiger partial charge in [0.05, 0.1) is 38.6 Å². The Hall–Kier alpha value is -1.47. The predicted molar refractivity (Wildman–Crippen MR) is 347 cm³/mol. The maximum Gasteiger partial charge on any atom is 0.220 e. The molecule has 17 atom stereocenters. The van der Waals surface area contributed by atoms with Crippen molar-refractivity contribution in [2.45, 2.75) is 401 Å². The molecule has 3 heterocycles. The summed E-state index contributed by atoms with van der Waals surface area (Å²) >= 11 is 0. The number of ether oxygens (including phenoxy) is 6. The van der Waals surface area contributed by atoms with E-state index in [9.17, 15) is 61.0 Å². The molecule has 0 bridgehead atoms. The van der Waals surface area contributed by atoms with E-state index >= 15 is 0 Å². The highest BCUT2D eigenvalue weighted by Gasteiger charge is 2.53. The van der Waals surface area contributed by atoms with Gasteiger partial charge in [0.25, 0.3) is 0 Å². The first-order valence-corrected chi connectivity index (χ1v) is 36.4. The number of allylic oxidation sites excluding steroid dienone is 1. The molecule has 0 spiro atoms. The number of carbonyl (C=O) groups excluding carboxylic acids is 1. The molecule has 0 aliphatic carbocycles. The van der Waals surface area contributed by atoms with E-state index in [2.05, 4.69) is 19.2 Å². The zero-order chi connectivity index (χ0) is 64.7. The number of aliphatic hydroxyl groups excluding tert-OH is 11. The van der Waals surface area contributed by atoms with E-state index in [-0.39, 0.29) is 18.9 Å². The van der Waals surface area contributed by atoms with Gasteiger partial charge in [-0.05, 0) is 19.3 Å². The van der Waals surface area contributed by atoms with E-state index < -0.39 is 124 Å². The second kappa shape index (κ2) is 52.8. The van der Waals surface area contributed by atoms with Crippen LogP contribution in [0.4, 0.5) is 0 Å². The number of nitrogens with one attached hydrogen (secondary N) is 1. The summed E-state index contributed by atoms with van der Waals surface area (Å²) in [4.78, 5) is 13.4. The van der Waals surface area contributed by atoms with Crippen molar-refractivity contribution in [2.75, 3.05) is 26.4 Å². The average molecular weight is 1280 g/mol. The van der Waals surface area contributed by atoms with Gasteiger partial charge in [-0.1, -0.05) is 283 Å². The summed E-state index contributed by atoms with van der Waals surface area (Å²) in [5.41, 5.74) is 0. The molecule has 1 amide bonds. The first-order chi connectivity index (χ1) is 43.3. The van der Waals surface area contributed by atoms with Crippen LogP contribution in [0.3, 0.4) is 0 Å². The molecule has 3 rings (SSSR count). The highest BCUT2D eigenvalue weighted by molar-refractivity contribution is 5.76. The van der Waals surface area contributed by atoms with Gasteiger partial charge in [0.15, 0.2) is 18.9 Å². The highest BCUT2D eigenvalue weighted by Crippen LogP contribution is 2.33. The second-order valence-corrected chi connectivity index (χ2v) is 26.4. The number of hydrogen-bond acceptors (Lipinski definition) is 18. The minimum atomic E-state index is -1.98. The van der Waals surface area contributed by atoms with Crippen molar-refractivity contribution in [3.8, 4) is 0 Å². The predicted octanol–water partition coefficient (Wildman–Crippen LogP) is 10.1. The van der Waals surface area contributed by atoms with Gasteiger partial charge in [-0.3, -0.25) is 4.79 Å². The smallest absolute Gasteiger partial charge is 0.220 e. The number of unbranched alkanes of at least 4 members (excludes halogenated alkanes) is 41. The summed E-state index contributed by atoms with van der Waals surface area (Å²) in [5, 5.41) is 121. The first kappa shape index (κ1) is 81.8. The van der Waals surface area contributed by atoms with Gasteiger partial charge in [-0.25, -0.2) is 0 Å². The normalized spacial score (nSPS) is 28.2. The summed E-state index contributed by atoms with van der Waals surface area (Å²) < 4.78 is 34.4. The fourth-order valence-electron chi connectivity index (χ4n) is 12.7. The third-order valence-corrected chi connectivity index (χ3v) is 18.6. The molecule has 526 valence electrons. The van der Waals surface area contributed by atoms with E-state index in [1.165, 1.54) is 225 Å². The van der Waals surface area contributed by atoms with E-state index in [4.69, 9.17) is 28.4 Å². The third-order valence-electron chi connectivity index (χ3n) is 18.6. The number of aliphatic hydroxyl groups is 11. The molecule has 0 saturated carbocycles. The Morgan fingerprint density at radius 3 is 1.06 bits per heavy atom. The summed E-state index contributed by atoms with van der Waals surface area (Å²) in [5.74, 6) is -0.268. The summed E-state index contributed by atoms with van der Waals surface area (Å²) in [7, 11) is 0. The molecule has 89 heavy (non-hydrogen) atoms. The fourth-order valence-corrected chi connectivity index (χ4v) is 12.7. The largest absolute Gasteiger partial charge is 0.394 e. The van der Waals surface area contributed by atoms with Crippen molar-refractivity contribution < 1.29 is 89.4 Å². The monoisotopic (exact) mass is 1280 g/mol. The van der Waals surface area contributed by atoms with Crippen LogP contribution in [0.5, 0.6) is 0 Å². The van der Waals surface area contributed by atoms with Gasteiger partial charge in [0, 0.05) is 6.42 Å². The molecule has 0 aromatic heterocycles. The van der Waals surface area contributed by atoms with Gasteiger partial charge >= 0.3 is 0 Å². The van der Waals surface area contributed by atoms with Crippen LogP contribution < -0.4 is 5.32 Å². The van der Waals surface area contributed by atoms with Crippen molar-refractivity contribution in [2.24, 2.45) is 0 Å². The van der Waals surface area contributed by atoms with Crippen molar-refractivity contribution >= 4 is 5.91 Å². The summed E-state index contributed by atoms with van der Waals surface area (Å²) in [6.45, 7) is 1.78. The van der Waals surface area contributed by atoms with Gasteiger partial charge in [0.2, 0.25) is 5.91 Å². The molecule has 3 aliphatic rings. The lowest BCUT2D eigenvalue weighted by Gasteiger charge is -2.48. The van der Waals surface area contributed by atoms with E-state index in [1.54, 1.807) is 6.08 Å². The molecule has 3 fully saturated rings. The van der Waals surface area contributed by atoms with Crippen molar-refractivity contribution in [3.63, 3.8) is 0 Å². The van der Waals surface area contributed by atoms with Crippen LogP contribution in [0.1, 0.15) is 296 Å². The van der Waals surface area contributed by atoms with Gasteiger partial charge in [-0.2, -0.15) is 0 Å². The number of hydrogen-bond donors (Lipinski definition) is 12. The Bertz CT molecular complexity index is 1670. The molecule has 0 radical (unpaired) electrons. The Balaban J connectivity index is 1.43. The molecule has 19 nitrogen and oxygen atoms in total. The minimum Gasteiger partial charge on any atom is -0.394 e. The Morgan fingerprint density at radius 1 is 0.393 bits per heavy atom. The minimum absolute atomic E-state index is 0.250. The first-order valence-electron chi connectivity index (χ1n) is 36.4. The number of carbonyl (C=O) groups is 1. The lowest BCUT2D eigenvalue weighted by molar-refractivity contribution is -0.379. The topological polar surface area (TPSA) is 307 Å². The Kier molecular flexibility index (Phi) is 48.5. The Labute approximate surface area is 537 Å². The van der Waals surface area contributed by atoms with Crippen LogP contribution in [0.2, 0.25) is 0 Å². The molecule has 3 saturated heterocycles. The lowest BCUT2D eigenvalue weighted by Crippen LogP contribution is -2.66. The summed E-state index contributed by atoms with van der Waals surface area (Å²) in [6, 6.07) is -0.969. The second-order valence-electron chi connectivity index (χ2n) is 26.4. The van der Waals surface area contributed by atoms with Crippen LogP contribution in [0, 0.1) is 0 Å². The fraction of sp³-hybridized carbons (Fsp3) is 0.957. The molecule has 12 N–H and O–H groups in total. The average Bonchev–Trinajstić information content (AvgIpc) is 1.92. The van der Waals surface area contributed by atoms with E-state index in [0.717, 1.165) is 44.9 Å². The standard InChI is InChI=1S/C70H133NO18/c1-3-5-7-9-11-13-15-17-19-21-23-25-26-28-30-32-34-36-38-40-42-44-46-48-58(76)71-53(54(75)47-45-43-41-39-37-35-33-31-29-27-24-22-20-18-16-14-12-10-8-6-4-2)52-84-68-64(82)61(79)66(56(50-73)86-68)89-70-65(83)62(80)67(57(51-74)87-70)88-69-63(81)60(78)59(77)55(49-72)85-69/h45,47,53-57,59-70,72-75,77-83H,3-44,46,48-52H2,1-2H3,(H,71,76)/b47-45+.